The second kappa shape index (κ2) is 6.28. The number of nitrogens with zero attached hydrogens (tertiary/aromatic N) is 2. The minimum atomic E-state index is -0.0735. The summed E-state index contributed by atoms with van der Waals surface area (Å²) in [6, 6.07) is 19.8. The Bertz CT molecular complexity index is 672. The van der Waals surface area contributed by atoms with E-state index in [-0.39, 0.29) is 11.8 Å². The van der Waals surface area contributed by atoms with Crippen LogP contribution in [0.1, 0.15) is 12.5 Å². The Kier molecular flexibility index (Phi) is 4.20. The molecule has 0 aromatic heterocycles. The van der Waals surface area contributed by atoms with Gasteiger partial charge in [-0.3, -0.25) is 9.69 Å². The van der Waals surface area contributed by atoms with Gasteiger partial charge in [-0.2, -0.15) is 0 Å². The fourth-order valence-corrected chi connectivity index (χ4v) is 3.03. The van der Waals surface area contributed by atoms with Crippen molar-refractivity contribution in [1.29, 1.82) is 0 Å². The van der Waals surface area contributed by atoms with Crippen LogP contribution >= 0.6 is 12.2 Å². The molecule has 1 fully saturated rings. The van der Waals surface area contributed by atoms with Crippen LogP contribution < -0.4 is 4.90 Å². The van der Waals surface area contributed by atoms with Gasteiger partial charge in [-0.05, 0) is 29.9 Å². The SMILES string of the molecule is CC1CN(Cc2ccccc2)C(=S)N(c2ccccc2)C1=O. The molecule has 1 atom stereocenters. The largest absolute Gasteiger partial charge is 0.343 e. The van der Waals surface area contributed by atoms with Crippen molar-refractivity contribution in [3.63, 3.8) is 0 Å². The fourth-order valence-electron chi connectivity index (χ4n) is 2.69. The molecule has 1 aliphatic rings. The number of amides is 1. The molecule has 0 spiro atoms. The molecule has 0 saturated carbocycles. The Balaban J connectivity index is 1.87. The average Bonchev–Trinajstić information content (AvgIpc) is 2.55. The zero-order valence-electron chi connectivity index (χ0n) is 12.5. The van der Waals surface area contributed by atoms with E-state index in [9.17, 15) is 4.79 Å². The van der Waals surface area contributed by atoms with Crippen LogP contribution in [0.15, 0.2) is 60.7 Å². The maximum absolute atomic E-state index is 12.5. The smallest absolute Gasteiger partial charge is 0.237 e. The Morgan fingerprint density at radius 2 is 1.64 bits per heavy atom. The lowest BCUT2D eigenvalue weighted by molar-refractivity contribution is -0.122. The Labute approximate surface area is 136 Å². The topological polar surface area (TPSA) is 23.6 Å². The van der Waals surface area contributed by atoms with Crippen LogP contribution in [0, 0.1) is 5.92 Å². The summed E-state index contributed by atoms with van der Waals surface area (Å²) in [4.78, 5) is 16.3. The number of anilines is 1. The second-order valence-electron chi connectivity index (χ2n) is 5.56. The van der Waals surface area contributed by atoms with Crippen molar-refractivity contribution in [3.8, 4) is 0 Å². The van der Waals surface area contributed by atoms with Gasteiger partial charge in [0.1, 0.15) is 0 Å². The van der Waals surface area contributed by atoms with Crippen LogP contribution in [0.2, 0.25) is 0 Å². The van der Waals surface area contributed by atoms with E-state index < -0.39 is 0 Å². The van der Waals surface area contributed by atoms with Crippen LogP contribution in [0.3, 0.4) is 0 Å². The first kappa shape index (κ1) is 14.7. The van der Waals surface area contributed by atoms with Crippen molar-refractivity contribution in [2.24, 2.45) is 5.92 Å². The van der Waals surface area contributed by atoms with Gasteiger partial charge in [0, 0.05) is 13.1 Å². The highest BCUT2D eigenvalue weighted by molar-refractivity contribution is 7.80. The standard InChI is InChI=1S/C18H18N2OS/c1-14-12-19(13-15-8-4-2-5-9-15)18(22)20(17(14)21)16-10-6-3-7-11-16/h2-11,14H,12-13H2,1H3. The number of hydrogen-bond acceptors (Lipinski definition) is 2. The Morgan fingerprint density at radius 3 is 2.27 bits per heavy atom. The molecule has 0 N–H and O–H groups in total. The molecule has 112 valence electrons. The fraction of sp³-hybridized carbons (Fsp3) is 0.222. The highest BCUT2D eigenvalue weighted by Gasteiger charge is 2.34. The molecule has 1 heterocycles. The normalized spacial score (nSPS) is 18.7. The molecule has 0 bridgehead atoms. The molecule has 1 saturated heterocycles. The van der Waals surface area contributed by atoms with Gasteiger partial charge in [0.2, 0.25) is 5.91 Å². The summed E-state index contributed by atoms with van der Waals surface area (Å²) in [5.74, 6) is -0.00358. The Hall–Kier alpha value is -2.20. The molecule has 2 aromatic carbocycles. The number of hydrogen-bond donors (Lipinski definition) is 0. The van der Waals surface area contributed by atoms with E-state index in [0.717, 1.165) is 12.2 Å². The molecule has 3 rings (SSSR count). The highest BCUT2D eigenvalue weighted by atomic mass is 32.1. The van der Waals surface area contributed by atoms with Crippen LogP contribution in [0.5, 0.6) is 0 Å². The molecule has 22 heavy (non-hydrogen) atoms. The summed E-state index contributed by atoms with van der Waals surface area (Å²) >= 11 is 5.59. The van der Waals surface area contributed by atoms with E-state index in [1.54, 1.807) is 4.90 Å². The molecular weight excluding hydrogens is 292 g/mol. The molecule has 1 unspecified atom stereocenters. The van der Waals surface area contributed by atoms with Crippen molar-refractivity contribution in [2.75, 3.05) is 11.4 Å². The summed E-state index contributed by atoms with van der Waals surface area (Å²) in [5.41, 5.74) is 2.03. The lowest BCUT2D eigenvalue weighted by Gasteiger charge is -2.40. The number of benzene rings is 2. The number of carbonyl (C=O) groups is 1. The lowest BCUT2D eigenvalue weighted by atomic mass is 10.1. The van der Waals surface area contributed by atoms with Crippen molar-refractivity contribution in [1.82, 2.24) is 4.90 Å². The predicted octanol–water partition coefficient (Wildman–Crippen LogP) is 3.46. The van der Waals surface area contributed by atoms with E-state index in [2.05, 4.69) is 17.0 Å². The number of para-hydroxylation sites is 1. The van der Waals surface area contributed by atoms with Crippen molar-refractivity contribution >= 4 is 28.9 Å². The first-order chi connectivity index (χ1) is 10.7. The summed E-state index contributed by atoms with van der Waals surface area (Å²) in [5, 5.41) is 0.582. The summed E-state index contributed by atoms with van der Waals surface area (Å²) in [6.45, 7) is 3.34. The third-order valence-corrected chi connectivity index (χ3v) is 4.27. The van der Waals surface area contributed by atoms with Crippen LogP contribution in [0.25, 0.3) is 0 Å². The van der Waals surface area contributed by atoms with Crippen LogP contribution in [0.4, 0.5) is 5.69 Å². The molecule has 4 heteroatoms. The van der Waals surface area contributed by atoms with Gasteiger partial charge < -0.3 is 4.90 Å². The van der Waals surface area contributed by atoms with Gasteiger partial charge in [0.05, 0.1) is 11.6 Å². The lowest BCUT2D eigenvalue weighted by Crippen LogP contribution is -2.55. The molecule has 0 radical (unpaired) electrons. The monoisotopic (exact) mass is 310 g/mol. The maximum Gasteiger partial charge on any atom is 0.237 e. The average molecular weight is 310 g/mol. The van der Waals surface area contributed by atoms with Gasteiger partial charge in [-0.25, -0.2) is 0 Å². The van der Waals surface area contributed by atoms with Crippen LogP contribution in [-0.2, 0) is 11.3 Å². The summed E-state index contributed by atoms with van der Waals surface area (Å²) in [6.07, 6.45) is 0. The molecule has 1 aliphatic heterocycles. The van der Waals surface area contributed by atoms with Gasteiger partial charge >= 0.3 is 0 Å². The van der Waals surface area contributed by atoms with Crippen molar-refractivity contribution in [2.45, 2.75) is 13.5 Å². The second-order valence-corrected chi connectivity index (χ2v) is 5.92. The number of thiocarbonyl (C=S) groups is 1. The number of rotatable bonds is 3. The van der Waals surface area contributed by atoms with E-state index >= 15 is 0 Å². The van der Waals surface area contributed by atoms with Crippen molar-refractivity contribution in [3.05, 3.63) is 66.2 Å². The first-order valence-electron chi connectivity index (χ1n) is 7.38. The van der Waals surface area contributed by atoms with E-state index in [4.69, 9.17) is 12.2 Å². The van der Waals surface area contributed by atoms with Crippen molar-refractivity contribution < 1.29 is 4.79 Å². The minimum Gasteiger partial charge on any atom is -0.343 e. The predicted molar refractivity (Wildman–Crippen MR) is 92.5 cm³/mol. The molecule has 0 aliphatic carbocycles. The first-order valence-corrected chi connectivity index (χ1v) is 7.79. The molecule has 2 aromatic rings. The third-order valence-electron chi connectivity index (χ3n) is 3.83. The summed E-state index contributed by atoms with van der Waals surface area (Å²) < 4.78 is 0. The van der Waals surface area contributed by atoms with Crippen LogP contribution in [-0.4, -0.2) is 22.5 Å². The number of carbonyl (C=O) groups excluding carboxylic acids is 1. The summed E-state index contributed by atoms with van der Waals surface area (Å²) in [7, 11) is 0. The maximum atomic E-state index is 12.5. The molecule has 1 amide bonds. The zero-order valence-corrected chi connectivity index (χ0v) is 13.3. The Morgan fingerprint density at radius 1 is 1.05 bits per heavy atom. The zero-order chi connectivity index (χ0) is 15.5. The van der Waals surface area contributed by atoms with Gasteiger partial charge in [0.25, 0.3) is 0 Å². The van der Waals surface area contributed by atoms with Gasteiger partial charge in [-0.15, -0.1) is 0 Å². The van der Waals surface area contributed by atoms with Gasteiger partial charge in [0.15, 0.2) is 5.11 Å². The van der Waals surface area contributed by atoms with E-state index in [1.165, 1.54) is 5.56 Å². The molecular formula is C18H18N2OS. The van der Waals surface area contributed by atoms with E-state index in [1.807, 2.05) is 55.5 Å². The van der Waals surface area contributed by atoms with E-state index in [0.29, 0.717) is 11.7 Å². The van der Waals surface area contributed by atoms with Gasteiger partial charge in [-0.1, -0.05) is 55.5 Å². The molecule has 3 nitrogen and oxygen atoms in total. The highest BCUT2D eigenvalue weighted by Crippen LogP contribution is 2.24. The third kappa shape index (κ3) is 2.88. The minimum absolute atomic E-state index is 0.0699. The quantitative estimate of drug-likeness (QED) is 0.811.